The maximum absolute atomic E-state index is 13.4. The van der Waals surface area contributed by atoms with Gasteiger partial charge in [-0.1, -0.05) is 17.9 Å². The molecule has 0 aliphatic heterocycles. The van der Waals surface area contributed by atoms with Crippen LogP contribution < -0.4 is 0 Å². The minimum atomic E-state index is -0.259. The van der Waals surface area contributed by atoms with Crippen LogP contribution in [0.1, 0.15) is 44.2 Å². The number of halogens is 1. The van der Waals surface area contributed by atoms with E-state index >= 15 is 0 Å². The van der Waals surface area contributed by atoms with Crippen LogP contribution in [0.2, 0.25) is 0 Å². The lowest BCUT2D eigenvalue weighted by molar-refractivity contribution is 0.203. The third-order valence-electron chi connectivity index (χ3n) is 3.83. The molecule has 0 spiro atoms. The fourth-order valence-corrected chi connectivity index (χ4v) is 2.33. The molecule has 1 saturated carbocycles. The molecule has 1 aromatic rings. The van der Waals surface area contributed by atoms with Gasteiger partial charge in [0.25, 0.3) is 0 Å². The van der Waals surface area contributed by atoms with E-state index in [0.717, 1.165) is 30.1 Å². The number of rotatable bonds is 6. The van der Waals surface area contributed by atoms with Gasteiger partial charge < -0.3 is 5.11 Å². The number of aliphatic hydroxyl groups excluding tert-OH is 1. The van der Waals surface area contributed by atoms with Crippen molar-refractivity contribution in [3.05, 3.63) is 35.1 Å². The Bertz CT molecular complexity index is 526. The van der Waals surface area contributed by atoms with E-state index in [-0.39, 0.29) is 12.4 Å². The number of hydrogen-bond donors (Lipinski definition) is 1. The Labute approximate surface area is 127 Å². The first-order valence-corrected chi connectivity index (χ1v) is 7.72. The van der Waals surface area contributed by atoms with Gasteiger partial charge in [-0.05, 0) is 50.3 Å². The van der Waals surface area contributed by atoms with E-state index in [1.807, 2.05) is 6.07 Å². The molecule has 0 heterocycles. The van der Waals surface area contributed by atoms with Crippen molar-refractivity contribution in [2.24, 2.45) is 5.92 Å². The van der Waals surface area contributed by atoms with Gasteiger partial charge in [0.2, 0.25) is 0 Å². The van der Waals surface area contributed by atoms with Crippen molar-refractivity contribution in [3.63, 3.8) is 0 Å². The summed E-state index contributed by atoms with van der Waals surface area (Å²) in [6.45, 7) is 6.35. The summed E-state index contributed by atoms with van der Waals surface area (Å²) in [5.74, 6) is 6.45. The van der Waals surface area contributed by atoms with E-state index in [1.54, 1.807) is 0 Å². The Hall–Kier alpha value is -1.37. The lowest BCUT2D eigenvalue weighted by Gasteiger charge is -2.27. The van der Waals surface area contributed by atoms with E-state index in [1.165, 1.54) is 25.0 Å². The van der Waals surface area contributed by atoms with Gasteiger partial charge in [0.15, 0.2) is 0 Å². The molecule has 2 nitrogen and oxygen atoms in total. The number of nitrogens with zero attached hydrogens (tertiary/aromatic N) is 1. The van der Waals surface area contributed by atoms with Crippen LogP contribution in [0.5, 0.6) is 0 Å². The molecular weight excluding hydrogens is 265 g/mol. The molecule has 1 N–H and O–H groups in total. The average Bonchev–Trinajstić information content (AvgIpc) is 3.24. The van der Waals surface area contributed by atoms with Crippen LogP contribution >= 0.6 is 0 Å². The second-order valence-corrected chi connectivity index (χ2v) is 6.04. The first-order valence-electron chi connectivity index (χ1n) is 7.72. The van der Waals surface area contributed by atoms with Crippen molar-refractivity contribution in [1.29, 1.82) is 0 Å². The Kier molecular flexibility index (Phi) is 5.78. The molecule has 3 heteroatoms. The molecule has 0 radical (unpaired) electrons. The van der Waals surface area contributed by atoms with Gasteiger partial charge >= 0.3 is 0 Å². The van der Waals surface area contributed by atoms with Gasteiger partial charge in [0.1, 0.15) is 5.82 Å². The Balaban J connectivity index is 2.14. The van der Waals surface area contributed by atoms with Gasteiger partial charge in [0, 0.05) is 31.1 Å². The zero-order valence-corrected chi connectivity index (χ0v) is 12.9. The molecule has 0 bridgehead atoms. The summed E-state index contributed by atoms with van der Waals surface area (Å²) in [7, 11) is 0. The molecule has 1 fully saturated rings. The van der Waals surface area contributed by atoms with E-state index in [0.29, 0.717) is 12.5 Å². The smallest absolute Gasteiger partial charge is 0.124 e. The molecule has 0 saturated heterocycles. The highest BCUT2D eigenvalue weighted by Gasteiger charge is 2.25. The lowest BCUT2D eigenvalue weighted by Crippen LogP contribution is -2.32. The van der Waals surface area contributed by atoms with Crippen LogP contribution in [0, 0.1) is 23.6 Å². The number of hydrogen-bond acceptors (Lipinski definition) is 2. The Morgan fingerprint density at radius 2 is 2.14 bits per heavy atom. The van der Waals surface area contributed by atoms with Crippen LogP contribution in [0.25, 0.3) is 0 Å². The zero-order valence-electron chi connectivity index (χ0n) is 12.9. The predicted molar refractivity (Wildman–Crippen MR) is 83.3 cm³/mol. The number of benzene rings is 1. The zero-order chi connectivity index (χ0) is 15.2. The maximum atomic E-state index is 13.4. The van der Waals surface area contributed by atoms with Gasteiger partial charge in [-0.25, -0.2) is 4.39 Å². The predicted octanol–water partition coefficient (Wildman–Crippen LogP) is 3.18. The van der Waals surface area contributed by atoms with Gasteiger partial charge in [-0.3, -0.25) is 4.90 Å². The third-order valence-corrected chi connectivity index (χ3v) is 3.83. The molecule has 0 amide bonds. The highest BCUT2D eigenvalue weighted by molar-refractivity contribution is 5.41. The van der Waals surface area contributed by atoms with E-state index in [4.69, 9.17) is 5.11 Å². The maximum Gasteiger partial charge on any atom is 0.124 e. The summed E-state index contributed by atoms with van der Waals surface area (Å²) >= 11 is 0. The van der Waals surface area contributed by atoms with Crippen LogP contribution in [0.3, 0.4) is 0 Å². The molecule has 0 unspecified atom stereocenters. The molecule has 1 aliphatic carbocycles. The Morgan fingerprint density at radius 1 is 1.38 bits per heavy atom. The fraction of sp³-hybridized carbons (Fsp3) is 0.556. The van der Waals surface area contributed by atoms with Crippen LogP contribution in [0.4, 0.5) is 4.39 Å². The minimum Gasteiger partial charge on any atom is -0.395 e. The minimum absolute atomic E-state index is 0.0391. The van der Waals surface area contributed by atoms with E-state index in [9.17, 15) is 4.39 Å². The quantitative estimate of drug-likeness (QED) is 0.813. The topological polar surface area (TPSA) is 23.5 Å². The summed E-state index contributed by atoms with van der Waals surface area (Å²) in [6, 6.07) is 5.30. The lowest BCUT2D eigenvalue weighted by atomic mass is 10.1. The van der Waals surface area contributed by atoms with Crippen molar-refractivity contribution in [2.45, 2.75) is 45.7 Å². The molecule has 2 rings (SSSR count). The molecule has 1 aliphatic rings. The summed E-state index contributed by atoms with van der Waals surface area (Å²) in [5.41, 5.74) is 1.81. The van der Waals surface area contributed by atoms with Gasteiger partial charge in [0.05, 0.1) is 6.61 Å². The summed E-state index contributed by atoms with van der Waals surface area (Å²) < 4.78 is 13.4. The van der Waals surface area contributed by atoms with Crippen molar-refractivity contribution < 1.29 is 9.50 Å². The second kappa shape index (κ2) is 7.59. The Morgan fingerprint density at radius 3 is 2.76 bits per heavy atom. The molecule has 1 aromatic carbocycles. The first kappa shape index (κ1) is 16.0. The summed E-state index contributed by atoms with van der Waals surface area (Å²) in [4.78, 5) is 2.43. The highest BCUT2D eigenvalue weighted by Crippen LogP contribution is 2.31. The average molecular weight is 289 g/mol. The highest BCUT2D eigenvalue weighted by atomic mass is 19.1. The fourth-order valence-electron chi connectivity index (χ4n) is 2.33. The monoisotopic (exact) mass is 289 g/mol. The van der Waals surface area contributed by atoms with Gasteiger partial charge in [-0.2, -0.15) is 0 Å². The van der Waals surface area contributed by atoms with Gasteiger partial charge in [-0.15, -0.1) is 0 Å². The van der Waals surface area contributed by atoms with Crippen LogP contribution in [-0.4, -0.2) is 29.2 Å². The van der Waals surface area contributed by atoms with Crippen molar-refractivity contribution in [1.82, 2.24) is 4.90 Å². The molecule has 21 heavy (non-hydrogen) atoms. The third kappa shape index (κ3) is 5.15. The second-order valence-electron chi connectivity index (χ2n) is 6.04. The van der Waals surface area contributed by atoms with E-state index in [2.05, 4.69) is 30.6 Å². The summed E-state index contributed by atoms with van der Waals surface area (Å²) in [6.07, 6.45) is 3.08. The normalized spacial score (nSPS) is 14.4. The molecule has 114 valence electrons. The molecule has 0 aromatic heterocycles. The number of aliphatic hydroxyl groups is 1. The van der Waals surface area contributed by atoms with Crippen molar-refractivity contribution in [3.8, 4) is 11.8 Å². The molecule has 0 atom stereocenters. The van der Waals surface area contributed by atoms with Crippen LogP contribution in [0.15, 0.2) is 18.2 Å². The first-order chi connectivity index (χ1) is 10.1. The van der Waals surface area contributed by atoms with Crippen molar-refractivity contribution >= 4 is 0 Å². The van der Waals surface area contributed by atoms with Crippen molar-refractivity contribution in [2.75, 3.05) is 13.2 Å². The SMILES string of the molecule is CC(C)N(Cc1ccc(F)cc1C#CCCO)CC1CC1. The van der Waals surface area contributed by atoms with Crippen LogP contribution in [-0.2, 0) is 6.54 Å². The standard InChI is InChI=1S/C18H24FNO/c1-14(2)20(12-15-6-7-15)13-17-8-9-18(19)11-16(17)5-3-4-10-21/h8-9,11,14-15,21H,4,6-7,10,12-13H2,1-2H3. The molecular formula is C18H24FNO. The van der Waals surface area contributed by atoms with E-state index < -0.39 is 0 Å². The summed E-state index contributed by atoms with van der Waals surface area (Å²) in [5, 5.41) is 8.81. The largest absolute Gasteiger partial charge is 0.395 e.